The molecule has 0 unspecified atom stereocenters. The van der Waals surface area contributed by atoms with Crippen LogP contribution in [0.25, 0.3) is 22.9 Å². The zero-order chi connectivity index (χ0) is 19.2. The summed E-state index contributed by atoms with van der Waals surface area (Å²) < 4.78 is 5.58. The topological polar surface area (TPSA) is 45.9 Å². The number of ether oxygens (including phenoxy) is 1. The second-order valence-corrected chi connectivity index (χ2v) is 7.45. The Kier molecular flexibility index (Phi) is 6.52. The lowest BCUT2D eigenvalue weighted by molar-refractivity contribution is 0.317. The molecule has 0 saturated carbocycles. The molecule has 3 aromatic rings. The van der Waals surface area contributed by atoms with Gasteiger partial charge in [0.2, 0.25) is 0 Å². The first kappa shape index (κ1) is 19.4. The van der Waals surface area contributed by atoms with Crippen molar-refractivity contribution in [3.63, 3.8) is 0 Å². The number of halogens is 2. The van der Waals surface area contributed by atoms with Gasteiger partial charge in [0, 0.05) is 16.0 Å². The maximum Gasteiger partial charge on any atom is 0.137 e. The molecule has 0 bridgehead atoms. The van der Waals surface area contributed by atoms with Crippen molar-refractivity contribution in [1.82, 2.24) is 4.98 Å². The Morgan fingerprint density at radius 3 is 2.67 bits per heavy atom. The molecule has 0 aliphatic rings. The Morgan fingerprint density at radius 1 is 1.22 bits per heavy atom. The molecule has 0 fully saturated rings. The molecule has 0 amide bonds. The van der Waals surface area contributed by atoms with E-state index in [1.807, 2.05) is 48.7 Å². The van der Waals surface area contributed by atoms with E-state index in [9.17, 15) is 5.26 Å². The highest BCUT2D eigenvalue weighted by Gasteiger charge is 2.10. The molecule has 27 heavy (non-hydrogen) atoms. The summed E-state index contributed by atoms with van der Waals surface area (Å²) in [4.78, 5) is 4.58. The van der Waals surface area contributed by atoms with Crippen LogP contribution in [0.15, 0.2) is 47.8 Å². The van der Waals surface area contributed by atoms with Crippen LogP contribution in [-0.4, -0.2) is 11.6 Å². The van der Waals surface area contributed by atoms with Crippen molar-refractivity contribution in [3.8, 4) is 23.1 Å². The lowest BCUT2D eigenvalue weighted by atomic mass is 10.1. The molecule has 0 N–H and O–H groups in total. The molecule has 0 aliphatic heterocycles. The molecule has 0 atom stereocenters. The normalized spacial score (nSPS) is 11.3. The second kappa shape index (κ2) is 9.05. The molecule has 3 rings (SSSR count). The van der Waals surface area contributed by atoms with Gasteiger partial charge in [0.1, 0.15) is 16.8 Å². The van der Waals surface area contributed by atoms with E-state index in [-0.39, 0.29) is 0 Å². The molecule has 0 radical (unpaired) electrons. The fourth-order valence-corrected chi connectivity index (χ4v) is 3.56. The molecule has 6 heteroatoms. The number of hydrogen-bond acceptors (Lipinski definition) is 4. The molecule has 1 heterocycles. The van der Waals surface area contributed by atoms with Crippen molar-refractivity contribution in [2.45, 2.75) is 13.3 Å². The summed E-state index contributed by atoms with van der Waals surface area (Å²) in [6.07, 6.45) is 2.69. The van der Waals surface area contributed by atoms with Crippen LogP contribution in [-0.2, 0) is 0 Å². The minimum atomic E-state index is 0.485. The number of nitriles is 1. The molecule has 2 aromatic carbocycles. The first-order chi connectivity index (χ1) is 13.1. The molecule has 0 saturated heterocycles. The summed E-state index contributed by atoms with van der Waals surface area (Å²) in [7, 11) is 0. The van der Waals surface area contributed by atoms with Crippen LogP contribution in [0.4, 0.5) is 0 Å². The summed E-state index contributed by atoms with van der Waals surface area (Å²) >= 11 is 13.6. The number of allylic oxidation sites excluding steroid dienone is 1. The predicted octanol–water partition coefficient (Wildman–Crippen LogP) is 6.97. The Hall–Kier alpha value is -2.32. The van der Waals surface area contributed by atoms with Crippen molar-refractivity contribution in [1.29, 1.82) is 5.26 Å². The van der Waals surface area contributed by atoms with Crippen LogP contribution in [0.3, 0.4) is 0 Å². The number of benzene rings is 2. The Morgan fingerprint density at radius 2 is 2.00 bits per heavy atom. The fourth-order valence-electron chi connectivity index (χ4n) is 2.40. The maximum atomic E-state index is 9.57. The molecule has 3 nitrogen and oxygen atoms in total. The van der Waals surface area contributed by atoms with Crippen LogP contribution in [0.2, 0.25) is 10.0 Å². The van der Waals surface area contributed by atoms with E-state index in [1.165, 1.54) is 11.3 Å². The van der Waals surface area contributed by atoms with Crippen molar-refractivity contribution >= 4 is 46.2 Å². The van der Waals surface area contributed by atoms with Gasteiger partial charge in [-0.1, -0.05) is 48.3 Å². The predicted molar refractivity (Wildman–Crippen MR) is 113 cm³/mol. The van der Waals surface area contributed by atoms with Gasteiger partial charge in [0.05, 0.1) is 22.9 Å². The van der Waals surface area contributed by atoms with Gasteiger partial charge in [-0.25, -0.2) is 4.98 Å². The average molecular weight is 415 g/mol. The zero-order valence-corrected chi connectivity index (χ0v) is 16.9. The van der Waals surface area contributed by atoms with Crippen LogP contribution in [0.5, 0.6) is 5.75 Å². The first-order valence-electron chi connectivity index (χ1n) is 8.36. The van der Waals surface area contributed by atoms with E-state index in [0.717, 1.165) is 23.2 Å². The molecular formula is C21H16Cl2N2OS. The lowest BCUT2D eigenvalue weighted by Gasteiger charge is -2.07. The largest absolute Gasteiger partial charge is 0.492 e. The molecule has 0 aliphatic carbocycles. The third kappa shape index (κ3) is 4.90. The minimum Gasteiger partial charge on any atom is -0.492 e. The van der Waals surface area contributed by atoms with Gasteiger partial charge in [-0.3, -0.25) is 0 Å². The molecule has 136 valence electrons. The Balaban J connectivity index is 1.86. The highest BCUT2D eigenvalue weighted by Crippen LogP contribution is 2.30. The Bertz CT molecular complexity index is 1000. The zero-order valence-electron chi connectivity index (χ0n) is 14.6. The van der Waals surface area contributed by atoms with Crippen LogP contribution in [0, 0.1) is 11.3 Å². The standard InChI is InChI=1S/C21H16Cl2N2OS/c1-2-9-26-20-8-3-14(11-18(20)23)10-16(12-24)21-25-19(13-27-21)15-4-6-17(22)7-5-15/h3-8,10-11,13H,2,9H2,1H3/b16-10-. The van der Waals surface area contributed by atoms with Gasteiger partial charge in [-0.2, -0.15) is 5.26 Å². The number of nitrogens with zero attached hydrogens (tertiary/aromatic N) is 2. The number of thiazole rings is 1. The van der Waals surface area contributed by atoms with Crippen LogP contribution < -0.4 is 4.74 Å². The van der Waals surface area contributed by atoms with Gasteiger partial charge in [-0.05, 0) is 42.3 Å². The summed E-state index contributed by atoms with van der Waals surface area (Å²) in [6.45, 7) is 2.65. The van der Waals surface area contributed by atoms with E-state index >= 15 is 0 Å². The van der Waals surface area contributed by atoms with Gasteiger partial charge in [-0.15, -0.1) is 11.3 Å². The SMILES string of the molecule is CCCOc1ccc(/C=C(/C#N)c2nc(-c3ccc(Cl)cc3)cs2)cc1Cl. The average Bonchev–Trinajstić information content (AvgIpc) is 3.16. The van der Waals surface area contributed by atoms with Crippen molar-refractivity contribution < 1.29 is 4.74 Å². The first-order valence-corrected chi connectivity index (χ1v) is 10.00. The monoisotopic (exact) mass is 414 g/mol. The van der Waals surface area contributed by atoms with Gasteiger partial charge < -0.3 is 4.74 Å². The van der Waals surface area contributed by atoms with Crippen molar-refractivity contribution in [3.05, 3.63) is 68.5 Å². The third-order valence-electron chi connectivity index (χ3n) is 3.72. The van der Waals surface area contributed by atoms with E-state index in [1.54, 1.807) is 12.1 Å². The van der Waals surface area contributed by atoms with E-state index in [4.69, 9.17) is 27.9 Å². The molecule has 1 aromatic heterocycles. The van der Waals surface area contributed by atoms with Gasteiger partial charge in [0.15, 0.2) is 0 Å². The highest BCUT2D eigenvalue weighted by molar-refractivity contribution is 7.11. The number of aromatic nitrogens is 1. The van der Waals surface area contributed by atoms with E-state index in [0.29, 0.717) is 33.0 Å². The van der Waals surface area contributed by atoms with Crippen molar-refractivity contribution in [2.24, 2.45) is 0 Å². The summed E-state index contributed by atoms with van der Waals surface area (Å²) in [5, 5.41) is 13.4. The molecular weight excluding hydrogens is 399 g/mol. The fraction of sp³-hybridized carbons (Fsp3) is 0.143. The maximum absolute atomic E-state index is 9.57. The van der Waals surface area contributed by atoms with E-state index < -0.39 is 0 Å². The van der Waals surface area contributed by atoms with Crippen molar-refractivity contribution in [2.75, 3.05) is 6.61 Å². The summed E-state index contributed by atoms with van der Waals surface area (Å²) in [5.41, 5.74) is 3.08. The number of hydrogen-bond donors (Lipinski definition) is 0. The summed E-state index contributed by atoms with van der Waals surface area (Å²) in [5.74, 6) is 0.647. The van der Waals surface area contributed by atoms with E-state index in [2.05, 4.69) is 11.1 Å². The van der Waals surface area contributed by atoms with Crippen LogP contribution >= 0.6 is 34.5 Å². The van der Waals surface area contributed by atoms with Gasteiger partial charge >= 0.3 is 0 Å². The quantitative estimate of drug-likeness (QED) is 0.409. The summed E-state index contributed by atoms with van der Waals surface area (Å²) in [6, 6.07) is 15.2. The highest BCUT2D eigenvalue weighted by atomic mass is 35.5. The number of rotatable bonds is 6. The third-order valence-corrected chi connectivity index (χ3v) is 5.15. The Labute approximate surface area is 172 Å². The molecule has 0 spiro atoms. The van der Waals surface area contributed by atoms with Gasteiger partial charge in [0.25, 0.3) is 0 Å². The van der Waals surface area contributed by atoms with Crippen LogP contribution in [0.1, 0.15) is 23.9 Å². The smallest absolute Gasteiger partial charge is 0.137 e. The minimum absolute atomic E-state index is 0.485. The lowest BCUT2D eigenvalue weighted by Crippen LogP contribution is -1.95. The second-order valence-electron chi connectivity index (χ2n) is 5.75.